The number of halogens is 1. The first-order valence-electron chi connectivity index (χ1n) is 13.4. The lowest BCUT2D eigenvalue weighted by atomic mass is 10.0. The molecule has 0 atom stereocenters. The highest BCUT2D eigenvalue weighted by atomic mass is 35.5. The van der Waals surface area contributed by atoms with Gasteiger partial charge in [-0.2, -0.15) is 4.98 Å². The molecular formula is C31H32ClN7O3. The Kier molecular flexibility index (Phi) is 8.85. The van der Waals surface area contributed by atoms with Crippen molar-refractivity contribution >= 4 is 40.6 Å². The minimum atomic E-state index is -0.326. The summed E-state index contributed by atoms with van der Waals surface area (Å²) in [5.41, 5.74) is 4.27. The summed E-state index contributed by atoms with van der Waals surface area (Å²) in [7, 11) is 3.76. The summed E-state index contributed by atoms with van der Waals surface area (Å²) in [5, 5.41) is 6.14. The molecule has 0 saturated carbocycles. The largest absolute Gasteiger partial charge is 0.495 e. The van der Waals surface area contributed by atoms with Crippen molar-refractivity contribution in [2.45, 2.75) is 6.92 Å². The van der Waals surface area contributed by atoms with E-state index in [9.17, 15) is 4.79 Å². The van der Waals surface area contributed by atoms with Crippen LogP contribution in [0.25, 0.3) is 11.1 Å². The van der Waals surface area contributed by atoms with Gasteiger partial charge in [0.15, 0.2) is 0 Å². The Morgan fingerprint density at radius 2 is 1.88 bits per heavy atom. The van der Waals surface area contributed by atoms with Crippen LogP contribution in [0.2, 0.25) is 5.02 Å². The van der Waals surface area contributed by atoms with E-state index in [1.165, 1.54) is 12.3 Å². The molecule has 1 aliphatic heterocycles. The first-order valence-corrected chi connectivity index (χ1v) is 13.8. The highest BCUT2D eigenvalue weighted by Gasteiger charge is 2.17. The van der Waals surface area contributed by atoms with Crippen LogP contribution in [0.3, 0.4) is 0 Å². The molecule has 11 heteroatoms. The zero-order chi connectivity index (χ0) is 29.6. The molecule has 1 saturated heterocycles. The van der Waals surface area contributed by atoms with Gasteiger partial charge in [0, 0.05) is 49.7 Å². The molecule has 216 valence electrons. The third-order valence-corrected chi connectivity index (χ3v) is 7.15. The van der Waals surface area contributed by atoms with Gasteiger partial charge < -0.3 is 29.9 Å². The molecule has 5 rings (SSSR count). The molecule has 1 amide bonds. The number of hydrogen-bond acceptors (Lipinski definition) is 9. The summed E-state index contributed by atoms with van der Waals surface area (Å²) in [6.07, 6.45) is 4.56. The number of anilines is 4. The third-order valence-electron chi connectivity index (χ3n) is 6.89. The number of aromatic nitrogens is 3. The molecule has 0 unspecified atom stereocenters. The molecule has 1 aliphatic rings. The number of aryl methyl sites for hydroxylation is 1. The second kappa shape index (κ2) is 12.9. The maximum Gasteiger partial charge on any atom is 0.247 e. The molecule has 0 spiro atoms. The SMILES string of the molecule is C=CC(=O)Nc1cccc(Oc2nc(Nc3cc(C)c(-c4ccc(N5CCN(C)CC5)nc4)cc3OC)ncc2Cl)c1. The Bertz CT molecular complexity index is 1590. The molecule has 0 radical (unpaired) electrons. The van der Waals surface area contributed by atoms with Gasteiger partial charge in [0.2, 0.25) is 17.7 Å². The number of nitrogens with one attached hydrogen (secondary N) is 2. The van der Waals surface area contributed by atoms with Crippen molar-refractivity contribution in [1.82, 2.24) is 19.9 Å². The summed E-state index contributed by atoms with van der Waals surface area (Å²) in [4.78, 5) is 29.8. The van der Waals surface area contributed by atoms with Gasteiger partial charge >= 0.3 is 0 Å². The Morgan fingerprint density at radius 1 is 1.07 bits per heavy atom. The van der Waals surface area contributed by atoms with Crippen LogP contribution >= 0.6 is 11.6 Å². The standard InChI is InChI=1S/C31H32ClN7O3/c1-5-29(40)35-22-7-6-8-23(16-22)42-30-25(32)19-34-31(37-30)36-26-15-20(2)24(17-27(26)41-4)21-9-10-28(33-18-21)39-13-11-38(3)12-14-39/h5-10,15-19H,1,11-14H2,2-4H3,(H,35,40)(H,34,36,37). The molecule has 10 nitrogen and oxygen atoms in total. The van der Waals surface area contributed by atoms with E-state index in [1.54, 1.807) is 31.4 Å². The van der Waals surface area contributed by atoms with E-state index < -0.39 is 0 Å². The number of ether oxygens (including phenoxy) is 2. The highest BCUT2D eigenvalue weighted by molar-refractivity contribution is 6.31. The van der Waals surface area contributed by atoms with Crippen LogP contribution in [0, 0.1) is 6.92 Å². The number of pyridine rings is 1. The maximum absolute atomic E-state index is 11.6. The number of amides is 1. The highest BCUT2D eigenvalue weighted by Crippen LogP contribution is 2.36. The molecule has 0 aliphatic carbocycles. The summed E-state index contributed by atoms with van der Waals surface area (Å²) in [6, 6.07) is 15.0. The summed E-state index contributed by atoms with van der Waals surface area (Å²) >= 11 is 6.34. The van der Waals surface area contributed by atoms with Gasteiger partial charge in [-0.05, 0) is 67.6 Å². The monoisotopic (exact) mass is 585 g/mol. The Labute approximate surface area is 250 Å². The number of methoxy groups -OCH3 is 1. The zero-order valence-electron chi connectivity index (χ0n) is 23.7. The fraction of sp³-hybridized carbons (Fsp3) is 0.226. The smallest absolute Gasteiger partial charge is 0.247 e. The number of benzene rings is 2. The number of rotatable bonds is 9. The number of carbonyl (C=O) groups excluding carboxylic acids is 1. The summed E-state index contributed by atoms with van der Waals surface area (Å²) < 4.78 is 11.6. The van der Waals surface area contributed by atoms with E-state index >= 15 is 0 Å². The van der Waals surface area contributed by atoms with E-state index in [4.69, 9.17) is 26.1 Å². The van der Waals surface area contributed by atoms with Crippen molar-refractivity contribution in [3.63, 3.8) is 0 Å². The molecule has 2 aromatic carbocycles. The Balaban J connectivity index is 1.34. The number of piperazine rings is 1. The van der Waals surface area contributed by atoms with Gasteiger partial charge in [-0.3, -0.25) is 4.79 Å². The average Bonchev–Trinajstić information content (AvgIpc) is 3.00. The maximum atomic E-state index is 11.6. The van der Waals surface area contributed by atoms with Crippen molar-refractivity contribution < 1.29 is 14.3 Å². The van der Waals surface area contributed by atoms with E-state index in [2.05, 4.69) is 56.2 Å². The van der Waals surface area contributed by atoms with Gasteiger partial charge in [-0.25, -0.2) is 9.97 Å². The second-order valence-corrected chi connectivity index (χ2v) is 10.3. The molecule has 2 aromatic heterocycles. The zero-order valence-corrected chi connectivity index (χ0v) is 24.5. The lowest BCUT2D eigenvalue weighted by Gasteiger charge is -2.33. The van der Waals surface area contributed by atoms with Gasteiger partial charge in [0.05, 0.1) is 19.0 Å². The lowest BCUT2D eigenvalue weighted by molar-refractivity contribution is -0.111. The normalized spacial score (nSPS) is 13.4. The first kappa shape index (κ1) is 28.8. The third kappa shape index (κ3) is 6.79. The average molecular weight is 586 g/mol. The predicted octanol–water partition coefficient (Wildman–Crippen LogP) is 5.92. The van der Waals surface area contributed by atoms with Crippen LogP contribution in [-0.2, 0) is 4.79 Å². The van der Waals surface area contributed by atoms with E-state index in [0.717, 1.165) is 48.7 Å². The van der Waals surface area contributed by atoms with Crippen LogP contribution in [-0.4, -0.2) is 66.1 Å². The molecule has 42 heavy (non-hydrogen) atoms. The van der Waals surface area contributed by atoms with Crippen molar-refractivity contribution in [3.05, 3.63) is 84.2 Å². The van der Waals surface area contributed by atoms with E-state index in [0.29, 0.717) is 22.9 Å². The van der Waals surface area contributed by atoms with Crippen molar-refractivity contribution in [1.29, 1.82) is 0 Å². The minimum Gasteiger partial charge on any atom is -0.495 e. The van der Waals surface area contributed by atoms with E-state index in [1.807, 2.05) is 25.3 Å². The number of likely N-dealkylation sites (N-methyl/N-ethyl adjacent to an activating group) is 1. The van der Waals surface area contributed by atoms with Crippen molar-refractivity contribution in [2.75, 3.05) is 55.9 Å². The van der Waals surface area contributed by atoms with Crippen molar-refractivity contribution in [2.24, 2.45) is 0 Å². The minimum absolute atomic E-state index is 0.153. The van der Waals surface area contributed by atoms with Gasteiger partial charge in [0.25, 0.3) is 0 Å². The predicted molar refractivity (Wildman–Crippen MR) is 166 cm³/mol. The molecular weight excluding hydrogens is 554 g/mol. The van der Waals surface area contributed by atoms with Crippen LogP contribution in [0.15, 0.2) is 73.6 Å². The Hall–Kier alpha value is -4.67. The summed E-state index contributed by atoms with van der Waals surface area (Å²) in [6.45, 7) is 9.49. The Morgan fingerprint density at radius 3 is 2.60 bits per heavy atom. The molecule has 3 heterocycles. The summed E-state index contributed by atoms with van der Waals surface area (Å²) in [5.74, 6) is 2.14. The quantitative estimate of drug-likeness (QED) is 0.232. The van der Waals surface area contributed by atoms with Gasteiger partial charge in [-0.1, -0.05) is 24.2 Å². The second-order valence-electron chi connectivity index (χ2n) is 9.86. The van der Waals surface area contributed by atoms with Crippen LogP contribution < -0.4 is 25.0 Å². The van der Waals surface area contributed by atoms with Crippen LogP contribution in [0.4, 0.5) is 23.1 Å². The van der Waals surface area contributed by atoms with Gasteiger partial charge in [-0.15, -0.1) is 0 Å². The van der Waals surface area contributed by atoms with E-state index in [-0.39, 0.29) is 22.8 Å². The van der Waals surface area contributed by atoms with Crippen LogP contribution in [0.5, 0.6) is 17.4 Å². The topological polar surface area (TPSA) is 105 Å². The number of hydrogen-bond donors (Lipinski definition) is 2. The first-order chi connectivity index (χ1) is 20.3. The lowest BCUT2D eigenvalue weighted by Crippen LogP contribution is -2.44. The van der Waals surface area contributed by atoms with Crippen molar-refractivity contribution in [3.8, 4) is 28.5 Å². The number of nitrogens with zero attached hydrogens (tertiary/aromatic N) is 5. The van der Waals surface area contributed by atoms with Crippen LogP contribution in [0.1, 0.15) is 5.56 Å². The molecule has 2 N–H and O–H groups in total. The molecule has 0 bridgehead atoms. The fourth-order valence-electron chi connectivity index (χ4n) is 4.58. The molecule has 4 aromatic rings. The molecule has 1 fully saturated rings. The number of carbonyl (C=O) groups is 1. The fourth-order valence-corrected chi connectivity index (χ4v) is 4.71. The van der Waals surface area contributed by atoms with Gasteiger partial charge in [0.1, 0.15) is 22.3 Å².